The summed E-state index contributed by atoms with van der Waals surface area (Å²) in [4.78, 5) is 13.1. The Hall–Kier alpha value is -8.02. The van der Waals surface area contributed by atoms with Crippen LogP contribution in [0.1, 0.15) is 0 Å². The van der Waals surface area contributed by atoms with Gasteiger partial charge in [-0.25, -0.2) is 9.97 Å². The molecular formula is C54H33N5. The van der Waals surface area contributed by atoms with Crippen molar-refractivity contribution in [1.29, 1.82) is 0 Å². The highest BCUT2D eigenvalue weighted by atomic mass is 15.0. The van der Waals surface area contributed by atoms with Gasteiger partial charge in [-0.1, -0.05) is 133 Å². The van der Waals surface area contributed by atoms with E-state index in [1.807, 2.05) is 6.20 Å². The second-order valence-corrected chi connectivity index (χ2v) is 15.5. The lowest BCUT2D eigenvalue weighted by Crippen LogP contribution is -1.97. The Morgan fingerprint density at radius 1 is 0.407 bits per heavy atom. The van der Waals surface area contributed by atoms with Gasteiger partial charge in [0.05, 0.1) is 39.3 Å². The summed E-state index contributed by atoms with van der Waals surface area (Å²) >= 11 is 0. The number of H-pyrrole nitrogens is 1. The van der Waals surface area contributed by atoms with Crippen LogP contribution in [0.25, 0.3) is 121 Å². The van der Waals surface area contributed by atoms with E-state index in [0.717, 1.165) is 55.5 Å². The summed E-state index contributed by atoms with van der Waals surface area (Å²) in [5, 5.41) is 10.9. The first-order chi connectivity index (χ1) is 29.3. The third-order valence-electron chi connectivity index (χ3n) is 12.3. The summed E-state index contributed by atoms with van der Waals surface area (Å²) in [6.45, 7) is 0. The van der Waals surface area contributed by atoms with E-state index in [0.29, 0.717) is 0 Å². The lowest BCUT2D eigenvalue weighted by molar-refractivity contribution is 1.14. The third-order valence-corrected chi connectivity index (χ3v) is 12.3. The first-order valence-electron chi connectivity index (χ1n) is 20.1. The van der Waals surface area contributed by atoms with E-state index in [1.165, 1.54) is 65.2 Å². The van der Waals surface area contributed by atoms with E-state index in [4.69, 9.17) is 4.98 Å². The summed E-state index contributed by atoms with van der Waals surface area (Å²) in [7, 11) is 0. The van der Waals surface area contributed by atoms with Gasteiger partial charge in [-0.2, -0.15) is 0 Å². The minimum atomic E-state index is 0.934. The van der Waals surface area contributed by atoms with Gasteiger partial charge in [-0.05, 0) is 76.2 Å². The molecule has 13 aromatic rings. The van der Waals surface area contributed by atoms with Crippen LogP contribution in [-0.4, -0.2) is 24.1 Å². The van der Waals surface area contributed by atoms with Gasteiger partial charge in [0.1, 0.15) is 6.33 Å². The normalized spacial score (nSPS) is 12.1. The zero-order chi connectivity index (χ0) is 38.6. The molecule has 59 heavy (non-hydrogen) atoms. The monoisotopic (exact) mass is 751 g/mol. The summed E-state index contributed by atoms with van der Waals surface area (Å²) in [6.07, 6.45) is 3.57. The maximum absolute atomic E-state index is 4.84. The van der Waals surface area contributed by atoms with E-state index in [1.54, 1.807) is 6.33 Å². The predicted octanol–water partition coefficient (Wildman–Crippen LogP) is 13.9. The van der Waals surface area contributed by atoms with Crippen LogP contribution in [-0.2, 0) is 0 Å². The van der Waals surface area contributed by atoms with Crippen molar-refractivity contribution in [2.24, 2.45) is 0 Å². The molecule has 4 aromatic heterocycles. The Balaban J connectivity index is 1.18. The number of rotatable bonds is 4. The topological polar surface area (TPSA) is 51.4 Å². The van der Waals surface area contributed by atoms with E-state index < -0.39 is 0 Å². The molecule has 0 saturated carbocycles. The molecule has 0 fully saturated rings. The molecule has 0 spiro atoms. The first kappa shape index (κ1) is 32.1. The van der Waals surface area contributed by atoms with Crippen LogP contribution in [0, 0.1) is 0 Å². The SMILES string of the molecule is c1ccc(-c2cc(-c3ccc4c(c3)c3ncncc3n4-c3ccccc3)cc(-n3c4c5ccccc5ccc4c4c5c6ccccc6[nH]c5c5ccccc5c43)c2)cc1. The van der Waals surface area contributed by atoms with Crippen LogP contribution < -0.4 is 0 Å². The molecule has 0 atom stereocenters. The number of hydrogen-bond donors (Lipinski definition) is 1. The van der Waals surface area contributed by atoms with Crippen LogP contribution in [0.5, 0.6) is 0 Å². The Bertz CT molecular complexity index is 3830. The Kier molecular flexibility index (Phi) is 6.66. The van der Waals surface area contributed by atoms with Gasteiger partial charge in [-0.15, -0.1) is 0 Å². The van der Waals surface area contributed by atoms with Gasteiger partial charge in [-0.3, -0.25) is 0 Å². The number of nitrogens with zero attached hydrogens (tertiary/aromatic N) is 4. The zero-order valence-electron chi connectivity index (χ0n) is 31.8. The van der Waals surface area contributed by atoms with Crippen molar-refractivity contribution in [3.63, 3.8) is 0 Å². The van der Waals surface area contributed by atoms with Gasteiger partial charge in [0.25, 0.3) is 0 Å². The smallest absolute Gasteiger partial charge is 0.116 e. The molecule has 0 aliphatic heterocycles. The summed E-state index contributed by atoms with van der Waals surface area (Å²) < 4.78 is 4.82. The van der Waals surface area contributed by atoms with Crippen molar-refractivity contribution >= 4 is 87.1 Å². The number of aromatic nitrogens is 5. The van der Waals surface area contributed by atoms with Crippen LogP contribution in [0.3, 0.4) is 0 Å². The second-order valence-electron chi connectivity index (χ2n) is 15.5. The number of para-hydroxylation sites is 2. The highest BCUT2D eigenvalue weighted by molar-refractivity contribution is 6.38. The minimum absolute atomic E-state index is 0.934. The van der Waals surface area contributed by atoms with Crippen molar-refractivity contribution in [1.82, 2.24) is 24.1 Å². The molecule has 0 radical (unpaired) electrons. The molecule has 0 unspecified atom stereocenters. The largest absolute Gasteiger partial charge is 0.354 e. The first-order valence-corrected chi connectivity index (χ1v) is 20.1. The van der Waals surface area contributed by atoms with Crippen LogP contribution in [0.4, 0.5) is 0 Å². The lowest BCUT2D eigenvalue weighted by Gasteiger charge is -2.16. The van der Waals surface area contributed by atoms with Gasteiger partial charge in [0.2, 0.25) is 0 Å². The van der Waals surface area contributed by atoms with Gasteiger partial charge in [0, 0.05) is 60.0 Å². The average Bonchev–Trinajstić information content (AvgIpc) is 3.98. The second kappa shape index (κ2) is 12.2. The fraction of sp³-hybridized carbons (Fsp3) is 0. The summed E-state index contributed by atoms with van der Waals surface area (Å²) in [5.74, 6) is 0. The Morgan fingerprint density at radius 2 is 1.12 bits per heavy atom. The Labute approximate surface area is 338 Å². The van der Waals surface area contributed by atoms with Gasteiger partial charge in [0.15, 0.2) is 0 Å². The van der Waals surface area contributed by atoms with Crippen LogP contribution in [0.15, 0.2) is 195 Å². The molecule has 5 heteroatoms. The molecule has 0 bridgehead atoms. The molecule has 0 amide bonds. The Morgan fingerprint density at radius 3 is 1.97 bits per heavy atom. The van der Waals surface area contributed by atoms with E-state index >= 15 is 0 Å². The van der Waals surface area contributed by atoms with Crippen molar-refractivity contribution in [3.05, 3.63) is 195 Å². The van der Waals surface area contributed by atoms with E-state index in [9.17, 15) is 0 Å². The lowest BCUT2D eigenvalue weighted by atomic mass is 9.96. The fourth-order valence-electron chi connectivity index (χ4n) is 9.81. The quantitative estimate of drug-likeness (QED) is 0.195. The highest BCUT2D eigenvalue weighted by Gasteiger charge is 2.24. The maximum atomic E-state index is 4.84. The molecule has 4 heterocycles. The average molecular weight is 752 g/mol. The molecule has 0 saturated heterocycles. The molecule has 274 valence electrons. The highest BCUT2D eigenvalue weighted by Crippen LogP contribution is 2.47. The van der Waals surface area contributed by atoms with Crippen LogP contribution >= 0.6 is 0 Å². The van der Waals surface area contributed by atoms with Crippen molar-refractivity contribution < 1.29 is 0 Å². The number of fused-ring (bicyclic) bond motifs is 15. The third kappa shape index (κ3) is 4.61. The number of benzene rings is 9. The molecule has 13 rings (SSSR count). The minimum Gasteiger partial charge on any atom is -0.354 e. The number of aromatic amines is 1. The van der Waals surface area contributed by atoms with Crippen molar-refractivity contribution in [3.8, 4) is 33.6 Å². The molecule has 9 aromatic carbocycles. The summed E-state index contributed by atoms with van der Waals surface area (Å²) in [5.41, 5.74) is 14.5. The van der Waals surface area contributed by atoms with E-state index in [-0.39, 0.29) is 0 Å². The number of hydrogen-bond acceptors (Lipinski definition) is 2. The van der Waals surface area contributed by atoms with Crippen molar-refractivity contribution in [2.45, 2.75) is 0 Å². The van der Waals surface area contributed by atoms with Gasteiger partial charge < -0.3 is 14.1 Å². The molecule has 0 aliphatic carbocycles. The van der Waals surface area contributed by atoms with Crippen LogP contribution in [0.2, 0.25) is 0 Å². The standard InChI is InChI=1S/C54H33N5/c1-3-13-33(14-4-1)36-27-37(35-24-26-47-45(30-35)51-48(31-55-32-56-51)58(47)38-16-5-2-6-17-38)29-39(28-36)59-53-40-18-8-7-15-34(40)23-25-44(53)50-49-43-21-11-12-22-46(43)57-52(49)41-19-9-10-20-42(41)54(50)59/h1-32,57H. The number of nitrogens with one attached hydrogen (secondary N) is 1. The molecule has 0 aliphatic rings. The zero-order valence-corrected chi connectivity index (χ0v) is 31.8. The fourth-order valence-corrected chi connectivity index (χ4v) is 9.81. The molecule has 5 nitrogen and oxygen atoms in total. The van der Waals surface area contributed by atoms with Gasteiger partial charge >= 0.3 is 0 Å². The molecular weight excluding hydrogens is 719 g/mol. The predicted molar refractivity (Wildman–Crippen MR) is 246 cm³/mol. The van der Waals surface area contributed by atoms with Crippen molar-refractivity contribution in [2.75, 3.05) is 0 Å². The maximum Gasteiger partial charge on any atom is 0.116 e. The summed E-state index contributed by atoms with van der Waals surface area (Å²) in [6, 6.07) is 66.2. The molecule has 1 N–H and O–H groups in total. The van der Waals surface area contributed by atoms with E-state index in [2.05, 4.69) is 201 Å².